The van der Waals surface area contributed by atoms with E-state index in [0.29, 0.717) is 0 Å². The summed E-state index contributed by atoms with van der Waals surface area (Å²) in [5, 5.41) is 10.3. The lowest BCUT2D eigenvalue weighted by Crippen LogP contribution is -2.32. The van der Waals surface area contributed by atoms with Crippen molar-refractivity contribution in [3.05, 3.63) is 396 Å². The third kappa shape index (κ3) is 8.43. The fourth-order valence-corrected chi connectivity index (χ4v) is 23.0. The van der Waals surface area contributed by atoms with E-state index in [0.717, 1.165) is 40.1 Å². The van der Waals surface area contributed by atoms with Crippen molar-refractivity contribution in [1.82, 2.24) is 0 Å². The Morgan fingerprint density at radius 2 is 0.547 bits per heavy atom. The molecule has 24 rings (SSSR count). The van der Waals surface area contributed by atoms with Crippen molar-refractivity contribution in [3.8, 4) is 45.3 Å². The minimum Gasteiger partial charge on any atom is -0.457 e. The molecular weight excluding hydrogens is 1370 g/mol. The van der Waals surface area contributed by atoms with Crippen molar-refractivity contribution in [3.63, 3.8) is 0 Å². The number of thiophene rings is 4. The summed E-state index contributed by atoms with van der Waals surface area (Å²) in [4.78, 5) is 4.94. The Labute approximate surface area is 627 Å². The van der Waals surface area contributed by atoms with Crippen molar-refractivity contribution in [1.29, 1.82) is 0 Å². The molecule has 0 unspecified atom stereocenters. The standard InChI is InChI=1S/2C49H29NOS2/c1-2-14-30(15-3-1)50(39-21-12-26-44-47(39)32-17-5-11-25-43(32)52-44)40-22-13-27-45-48(40)34-28-33-31-16-4-6-18-35(31)49(38(33)29-46(34)53-45)36-19-7-9-23-41(36)51-42-24-10-8-20-37(42)49;1-2-13-30(14-3-1)50(31-25-26-45-35(27-31)33-16-5-11-23-44(33)52-45)41-20-12-24-46-48(41)36-28-34-32-15-4-6-17-37(32)49(40(34)29-47(36)53-46)38-18-7-9-21-42(38)51-43-22-10-8-19-39(43)49/h2*1-29H. The Balaban J connectivity index is 0.000000129. The van der Waals surface area contributed by atoms with Crippen LogP contribution in [-0.4, -0.2) is 0 Å². The number of para-hydroxylation sites is 6. The van der Waals surface area contributed by atoms with Gasteiger partial charge in [-0.15, -0.1) is 45.3 Å². The maximum Gasteiger partial charge on any atom is 0.132 e. The van der Waals surface area contributed by atoms with Gasteiger partial charge in [0.05, 0.1) is 27.9 Å². The van der Waals surface area contributed by atoms with Crippen LogP contribution >= 0.6 is 45.3 Å². The van der Waals surface area contributed by atoms with Crippen molar-refractivity contribution in [2.24, 2.45) is 0 Å². The lowest BCUT2D eigenvalue weighted by molar-refractivity contribution is 0.436. The first-order valence-corrected chi connectivity index (χ1v) is 39.3. The van der Waals surface area contributed by atoms with Crippen LogP contribution < -0.4 is 19.3 Å². The number of hydrogen-bond donors (Lipinski definition) is 0. The molecule has 6 heterocycles. The normalized spacial score (nSPS) is 13.6. The Kier molecular flexibility index (Phi) is 13.1. The monoisotopic (exact) mass is 1420 g/mol. The number of nitrogens with zero attached hydrogens (tertiary/aromatic N) is 2. The fourth-order valence-electron chi connectivity index (χ4n) is 18.5. The molecule has 2 aliphatic carbocycles. The van der Waals surface area contributed by atoms with Gasteiger partial charge in [0.1, 0.15) is 23.0 Å². The van der Waals surface area contributed by atoms with Gasteiger partial charge in [0.15, 0.2) is 0 Å². The van der Waals surface area contributed by atoms with E-state index in [1.807, 2.05) is 45.3 Å². The van der Waals surface area contributed by atoms with Crippen LogP contribution in [0.1, 0.15) is 44.5 Å². The second-order valence-corrected chi connectivity index (χ2v) is 32.3. The zero-order valence-electron chi connectivity index (χ0n) is 56.8. The average Bonchev–Trinajstić information content (AvgIpc) is 1.50. The van der Waals surface area contributed by atoms with E-state index in [-0.39, 0.29) is 0 Å². The molecule has 20 aromatic rings. The predicted octanol–water partition coefficient (Wildman–Crippen LogP) is 28.7. The number of ether oxygens (including phenoxy) is 2. The summed E-state index contributed by atoms with van der Waals surface area (Å²) in [7, 11) is 0. The number of anilines is 6. The minimum absolute atomic E-state index is 0.487. The van der Waals surface area contributed by atoms with Gasteiger partial charge < -0.3 is 19.3 Å². The molecule has 0 bridgehead atoms. The Morgan fingerprint density at radius 3 is 1.04 bits per heavy atom. The molecule has 2 aliphatic heterocycles. The van der Waals surface area contributed by atoms with E-state index >= 15 is 0 Å². The van der Waals surface area contributed by atoms with E-state index in [9.17, 15) is 0 Å². The zero-order chi connectivity index (χ0) is 69.3. The van der Waals surface area contributed by atoms with E-state index in [1.54, 1.807) is 0 Å². The topological polar surface area (TPSA) is 24.9 Å². The lowest BCUT2D eigenvalue weighted by Gasteiger charge is -2.39. The number of benzene rings is 16. The van der Waals surface area contributed by atoms with Crippen LogP contribution in [-0.2, 0) is 10.8 Å². The second-order valence-electron chi connectivity index (χ2n) is 27.9. The molecule has 0 saturated carbocycles. The highest BCUT2D eigenvalue weighted by molar-refractivity contribution is 7.27. The summed E-state index contributed by atoms with van der Waals surface area (Å²) in [6.07, 6.45) is 0. The second kappa shape index (κ2) is 23.0. The molecule has 0 amide bonds. The first-order valence-electron chi connectivity index (χ1n) is 36.0. The summed E-state index contributed by atoms with van der Waals surface area (Å²) in [5.41, 5.74) is 21.2. The highest BCUT2D eigenvalue weighted by atomic mass is 32.1. The maximum atomic E-state index is 6.61. The van der Waals surface area contributed by atoms with Crippen LogP contribution in [0.2, 0.25) is 0 Å². The van der Waals surface area contributed by atoms with Crippen LogP contribution in [0.25, 0.3) is 103 Å². The Hall–Kier alpha value is -12.4. The van der Waals surface area contributed by atoms with Crippen molar-refractivity contribution >= 4 is 160 Å². The molecule has 4 nitrogen and oxygen atoms in total. The SMILES string of the molecule is c1ccc(N(c2ccc3sc4ccccc4c3c2)c2cccc3sc4cc5c(cc4c23)-c2ccccc2C52c3ccccc3Oc3ccccc32)cc1.c1ccc(N(c2cccc3sc4ccccc4c23)c2cccc3sc4cc5c(cc4c23)-c2ccccc2C52c3ccccc3Oc3ccccc32)cc1. The third-order valence-corrected chi connectivity index (χ3v) is 27.2. The van der Waals surface area contributed by atoms with Crippen LogP contribution in [0.3, 0.4) is 0 Å². The Morgan fingerprint density at radius 1 is 0.198 bits per heavy atom. The molecule has 0 fully saturated rings. The first-order chi connectivity index (χ1) is 52.6. The molecule has 4 aromatic heterocycles. The molecule has 496 valence electrons. The average molecular weight is 1420 g/mol. The highest BCUT2D eigenvalue weighted by Gasteiger charge is 2.53. The minimum atomic E-state index is -0.490. The number of fused-ring (bicyclic) bond motifs is 30. The van der Waals surface area contributed by atoms with Crippen LogP contribution in [0.5, 0.6) is 23.0 Å². The molecule has 0 atom stereocenters. The van der Waals surface area contributed by atoms with Gasteiger partial charge in [0.2, 0.25) is 0 Å². The summed E-state index contributed by atoms with van der Waals surface area (Å²) in [5.74, 6) is 3.67. The predicted molar refractivity (Wildman–Crippen MR) is 449 cm³/mol. The van der Waals surface area contributed by atoms with Crippen LogP contribution in [0.4, 0.5) is 34.1 Å². The van der Waals surface area contributed by atoms with E-state index in [1.165, 1.54) is 165 Å². The van der Waals surface area contributed by atoms with Crippen molar-refractivity contribution in [2.45, 2.75) is 10.8 Å². The molecule has 106 heavy (non-hydrogen) atoms. The summed E-state index contributed by atoms with van der Waals surface area (Å²) >= 11 is 7.51. The van der Waals surface area contributed by atoms with Gasteiger partial charge >= 0.3 is 0 Å². The fraction of sp³-hybridized carbons (Fsp3) is 0.0204. The van der Waals surface area contributed by atoms with Gasteiger partial charge in [-0.05, 0) is 184 Å². The van der Waals surface area contributed by atoms with E-state index in [4.69, 9.17) is 9.47 Å². The zero-order valence-corrected chi connectivity index (χ0v) is 60.1. The number of hydrogen-bond acceptors (Lipinski definition) is 8. The third-order valence-electron chi connectivity index (χ3n) is 22.6. The molecule has 4 aliphatic rings. The molecule has 2 spiro atoms. The summed E-state index contributed by atoms with van der Waals surface area (Å²) in [6.45, 7) is 0. The van der Waals surface area contributed by atoms with Gasteiger partial charge in [-0.3, -0.25) is 0 Å². The van der Waals surface area contributed by atoms with Gasteiger partial charge in [-0.2, -0.15) is 0 Å². The van der Waals surface area contributed by atoms with Gasteiger partial charge in [0.25, 0.3) is 0 Å². The molecule has 16 aromatic carbocycles. The van der Waals surface area contributed by atoms with Crippen molar-refractivity contribution in [2.75, 3.05) is 9.80 Å². The first kappa shape index (κ1) is 60.1. The maximum absolute atomic E-state index is 6.61. The largest absolute Gasteiger partial charge is 0.457 e. The smallest absolute Gasteiger partial charge is 0.132 e. The molecule has 0 N–H and O–H groups in total. The quantitative estimate of drug-likeness (QED) is 0.166. The summed E-state index contributed by atoms with van der Waals surface area (Å²) < 4.78 is 23.6. The molecule has 8 heteroatoms. The lowest BCUT2D eigenvalue weighted by atomic mass is 9.66. The van der Waals surface area contributed by atoms with Crippen molar-refractivity contribution < 1.29 is 9.47 Å². The van der Waals surface area contributed by atoms with Gasteiger partial charge in [-0.1, -0.05) is 212 Å². The highest BCUT2D eigenvalue weighted by Crippen LogP contribution is 2.66. The molecule has 0 saturated heterocycles. The molecular formula is C98H58N2O2S4. The van der Waals surface area contributed by atoms with E-state index < -0.39 is 10.8 Å². The van der Waals surface area contributed by atoms with Gasteiger partial charge in [-0.25, -0.2) is 0 Å². The Bertz CT molecular complexity index is 6990. The molecule has 0 radical (unpaired) electrons. The van der Waals surface area contributed by atoms with Crippen LogP contribution in [0.15, 0.2) is 352 Å². The van der Waals surface area contributed by atoms with Gasteiger partial charge in [0, 0.05) is 120 Å². The van der Waals surface area contributed by atoms with Crippen LogP contribution in [0, 0.1) is 0 Å². The number of rotatable bonds is 6. The summed E-state index contributed by atoms with van der Waals surface area (Å²) in [6, 6.07) is 129. The van der Waals surface area contributed by atoms with E-state index in [2.05, 4.69) is 362 Å².